The van der Waals surface area contributed by atoms with Gasteiger partial charge in [0.25, 0.3) is 5.91 Å². The van der Waals surface area contributed by atoms with Gasteiger partial charge in [-0.3, -0.25) is 9.59 Å². The summed E-state index contributed by atoms with van der Waals surface area (Å²) in [5.74, 6) is -1.20. The third-order valence-electron chi connectivity index (χ3n) is 2.14. The van der Waals surface area contributed by atoms with Crippen molar-refractivity contribution in [2.24, 2.45) is 5.73 Å². The second-order valence-electron chi connectivity index (χ2n) is 3.33. The van der Waals surface area contributed by atoms with Crippen molar-refractivity contribution in [2.75, 3.05) is 12.8 Å². The Morgan fingerprint density at radius 1 is 1.47 bits per heavy atom. The van der Waals surface area contributed by atoms with E-state index in [1.54, 1.807) is 12.1 Å². The zero-order chi connectivity index (χ0) is 12.8. The van der Waals surface area contributed by atoms with Crippen LogP contribution in [0.1, 0.15) is 10.4 Å². The Balaban J connectivity index is 2.67. The van der Waals surface area contributed by atoms with Gasteiger partial charge in [-0.05, 0) is 18.4 Å². The second-order valence-corrected chi connectivity index (χ2v) is 4.18. The number of benzene rings is 1. The average Bonchev–Trinajstić information content (AvgIpc) is 2.35. The van der Waals surface area contributed by atoms with E-state index in [0.29, 0.717) is 5.56 Å². The number of carbonyl (C=O) groups excluding carboxylic acids is 2. The lowest BCUT2D eigenvalue weighted by molar-refractivity contribution is -0.125. The maximum absolute atomic E-state index is 11.8. The molecule has 0 radical (unpaired) electrons. The topological polar surface area (TPSA) is 92.4 Å². The van der Waals surface area contributed by atoms with Crippen molar-refractivity contribution in [1.82, 2.24) is 5.32 Å². The number of thioether (sulfide) groups is 1. The lowest BCUT2D eigenvalue weighted by Gasteiger charge is -2.10. The molecule has 1 rings (SSSR count). The van der Waals surface area contributed by atoms with E-state index in [9.17, 15) is 9.59 Å². The Kier molecular flexibility index (Phi) is 4.99. The van der Waals surface area contributed by atoms with Gasteiger partial charge in [0.1, 0.15) is 6.10 Å². The number of nitrogens with one attached hydrogen (secondary N) is 1. The molecule has 0 spiro atoms. The molecule has 17 heavy (non-hydrogen) atoms. The number of rotatable bonds is 5. The standard InChI is InChI=1S/C11H14N2O3S/c1-17-9-5-3-2-4-7(9)11(16)13-6-8(14)10(12)15/h2-5,8,14H,6H2,1H3,(H2,12,15)(H,13,16). The predicted molar refractivity (Wildman–Crippen MR) is 65.8 cm³/mol. The molecule has 0 aliphatic heterocycles. The summed E-state index contributed by atoms with van der Waals surface area (Å²) in [7, 11) is 0. The van der Waals surface area contributed by atoms with Crippen LogP contribution in [0, 0.1) is 0 Å². The molecule has 1 atom stereocenters. The zero-order valence-electron chi connectivity index (χ0n) is 9.34. The fourth-order valence-electron chi connectivity index (χ4n) is 1.22. The Morgan fingerprint density at radius 2 is 2.12 bits per heavy atom. The Morgan fingerprint density at radius 3 is 2.71 bits per heavy atom. The van der Waals surface area contributed by atoms with E-state index in [0.717, 1.165) is 4.90 Å². The number of aliphatic hydroxyl groups excluding tert-OH is 1. The van der Waals surface area contributed by atoms with Crippen LogP contribution in [0.5, 0.6) is 0 Å². The van der Waals surface area contributed by atoms with Crippen molar-refractivity contribution in [1.29, 1.82) is 0 Å². The summed E-state index contributed by atoms with van der Waals surface area (Å²) in [5.41, 5.74) is 5.38. The van der Waals surface area contributed by atoms with Gasteiger partial charge in [0.2, 0.25) is 5.91 Å². The van der Waals surface area contributed by atoms with Crippen molar-refractivity contribution in [3.8, 4) is 0 Å². The van der Waals surface area contributed by atoms with Crippen LogP contribution in [-0.4, -0.2) is 35.8 Å². The molecule has 1 unspecified atom stereocenters. The van der Waals surface area contributed by atoms with Gasteiger partial charge in [-0.25, -0.2) is 0 Å². The SMILES string of the molecule is CSc1ccccc1C(=O)NCC(O)C(N)=O. The minimum atomic E-state index is -1.36. The van der Waals surface area contributed by atoms with E-state index in [-0.39, 0.29) is 12.5 Å². The molecule has 4 N–H and O–H groups in total. The van der Waals surface area contributed by atoms with Crippen molar-refractivity contribution in [2.45, 2.75) is 11.0 Å². The van der Waals surface area contributed by atoms with Crippen molar-refractivity contribution in [3.63, 3.8) is 0 Å². The Bertz CT molecular complexity index is 423. The summed E-state index contributed by atoms with van der Waals surface area (Å²) < 4.78 is 0. The van der Waals surface area contributed by atoms with E-state index in [2.05, 4.69) is 5.32 Å². The van der Waals surface area contributed by atoms with Crippen LogP contribution in [0.3, 0.4) is 0 Å². The average molecular weight is 254 g/mol. The summed E-state index contributed by atoms with van der Waals surface area (Å²) in [6.07, 6.45) is 0.505. The highest BCUT2D eigenvalue weighted by Gasteiger charge is 2.14. The van der Waals surface area contributed by atoms with Gasteiger partial charge < -0.3 is 16.2 Å². The van der Waals surface area contributed by atoms with Gasteiger partial charge in [-0.1, -0.05) is 12.1 Å². The summed E-state index contributed by atoms with van der Waals surface area (Å²) >= 11 is 1.45. The van der Waals surface area contributed by atoms with Crippen molar-refractivity contribution >= 4 is 23.6 Å². The molecule has 0 bridgehead atoms. The number of carbonyl (C=O) groups is 2. The molecular formula is C11H14N2O3S. The molecule has 2 amide bonds. The van der Waals surface area contributed by atoms with Crippen LogP contribution in [-0.2, 0) is 4.79 Å². The minimum Gasteiger partial charge on any atom is -0.381 e. The summed E-state index contributed by atoms with van der Waals surface area (Å²) in [6, 6.07) is 7.09. The summed E-state index contributed by atoms with van der Waals surface area (Å²) in [6.45, 7) is -0.184. The highest BCUT2D eigenvalue weighted by molar-refractivity contribution is 7.98. The van der Waals surface area contributed by atoms with Gasteiger partial charge in [0.05, 0.1) is 12.1 Å². The predicted octanol–water partition coefficient (Wildman–Crippen LogP) is -0.0155. The molecule has 0 saturated heterocycles. The van der Waals surface area contributed by atoms with Gasteiger partial charge in [0.15, 0.2) is 0 Å². The first-order valence-corrected chi connectivity index (χ1v) is 6.17. The first kappa shape index (κ1) is 13.5. The minimum absolute atomic E-state index is 0.184. The third kappa shape index (κ3) is 3.76. The number of hydrogen-bond donors (Lipinski definition) is 3. The zero-order valence-corrected chi connectivity index (χ0v) is 10.2. The van der Waals surface area contributed by atoms with Crippen LogP contribution in [0.2, 0.25) is 0 Å². The van der Waals surface area contributed by atoms with Crippen LogP contribution in [0.4, 0.5) is 0 Å². The fourth-order valence-corrected chi connectivity index (χ4v) is 1.81. The highest BCUT2D eigenvalue weighted by atomic mass is 32.2. The molecule has 5 nitrogen and oxygen atoms in total. The van der Waals surface area contributed by atoms with Crippen molar-refractivity contribution < 1.29 is 14.7 Å². The molecular weight excluding hydrogens is 240 g/mol. The van der Waals surface area contributed by atoms with Gasteiger partial charge in [-0.2, -0.15) is 0 Å². The molecule has 0 aromatic heterocycles. The number of hydrogen-bond acceptors (Lipinski definition) is 4. The van der Waals surface area contributed by atoms with E-state index < -0.39 is 12.0 Å². The van der Waals surface area contributed by atoms with Gasteiger partial charge in [-0.15, -0.1) is 11.8 Å². The Hall–Kier alpha value is -1.53. The maximum atomic E-state index is 11.8. The third-order valence-corrected chi connectivity index (χ3v) is 2.93. The number of amides is 2. The molecule has 0 saturated carbocycles. The van der Waals surface area contributed by atoms with Crippen LogP contribution in [0.25, 0.3) is 0 Å². The number of primary amides is 1. The largest absolute Gasteiger partial charge is 0.381 e. The van der Waals surface area contributed by atoms with E-state index in [4.69, 9.17) is 10.8 Å². The molecule has 1 aromatic rings. The van der Waals surface area contributed by atoms with Crippen LogP contribution < -0.4 is 11.1 Å². The van der Waals surface area contributed by atoms with Gasteiger partial charge in [0, 0.05) is 4.90 Å². The normalized spacial score (nSPS) is 11.9. The molecule has 0 aliphatic carbocycles. The lowest BCUT2D eigenvalue weighted by Crippen LogP contribution is -2.40. The van der Waals surface area contributed by atoms with E-state index in [1.807, 2.05) is 18.4 Å². The summed E-state index contributed by atoms with van der Waals surface area (Å²) in [5, 5.41) is 11.6. The molecule has 0 aliphatic rings. The van der Waals surface area contributed by atoms with Crippen LogP contribution in [0.15, 0.2) is 29.2 Å². The molecule has 92 valence electrons. The molecule has 6 heteroatoms. The van der Waals surface area contributed by atoms with E-state index in [1.165, 1.54) is 11.8 Å². The second kappa shape index (κ2) is 6.27. The van der Waals surface area contributed by atoms with Gasteiger partial charge >= 0.3 is 0 Å². The first-order valence-electron chi connectivity index (χ1n) is 4.95. The maximum Gasteiger partial charge on any atom is 0.252 e. The Labute approximate surface area is 103 Å². The van der Waals surface area contributed by atoms with Crippen LogP contribution >= 0.6 is 11.8 Å². The number of nitrogens with two attached hydrogens (primary N) is 1. The highest BCUT2D eigenvalue weighted by Crippen LogP contribution is 2.19. The lowest BCUT2D eigenvalue weighted by atomic mass is 10.2. The molecule has 0 heterocycles. The fraction of sp³-hybridized carbons (Fsp3) is 0.273. The van der Waals surface area contributed by atoms with Crippen molar-refractivity contribution in [3.05, 3.63) is 29.8 Å². The summed E-state index contributed by atoms with van der Waals surface area (Å²) in [4.78, 5) is 23.2. The smallest absolute Gasteiger partial charge is 0.252 e. The first-order chi connectivity index (χ1) is 8.06. The molecule has 0 fully saturated rings. The van der Waals surface area contributed by atoms with E-state index >= 15 is 0 Å². The molecule has 1 aromatic carbocycles. The quantitative estimate of drug-likeness (QED) is 0.644. The number of aliphatic hydroxyl groups is 1. The monoisotopic (exact) mass is 254 g/mol.